The molecule has 0 aliphatic rings. The lowest BCUT2D eigenvalue weighted by Crippen LogP contribution is -2.05. The molecule has 0 spiro atoms. The summed E-state index contributed by atoms with van der Waals surface area (Å²) in [5, 5.41) is 9.31. The Balaban J connectivity index is 3.11. The highest BCUT2D eigenvalue weighted by molar-refractivity contribution is 5.38. The summed E-state index contributed by atoms with van der Waals surface area (Å²) in [5.41, 5.74) is 6.76. The van der Waals surface area contributed by atoms with Crippen LogP contribution < -0.4 is 5.73 Å². The smallest absolute Gasteiger partial charge is 0.126 e. The molecule has 0 radical (unpaired) electrons. The van der Waals surface area contributed by atoms with Gasteiger partial charge in [0, 0.05) is 11.6 Å². The second-order valence-corrected chi connectivity index (χ2v) is 3.22. The molecular formula is C10H14FNO. The molecule has 3 N–H and O–H groups in total. The van der Waals surface area contributed by atoms with Gasteiger partial charge in [-0.05, 0) is 31.5 Å². The summed E-state index contributed by atoms with van der Waals surface area (Å²) in [5.74, 6) is -0.0144. The molecule has 13 heavy (non-hydrogen) atoms. The van der Waals surface area contributed by atoms with Gasteiger partial charge in [0.1, 0.15) is 11.9 Å². The number of nitrogens with two attached hydrogens (primary N) is 1. The maximum absolute atomic E-state index is 12.9. The van der Waals surface area contributed by atoms with E-state index in [-0.39, 0.29) is 11.8 Å². The first kappa shape index (κ1) is 9.99. The van der Waals surface area contributed by atoms with Crippen LogP contribution in [0.25, 0.3) is 0 Å². The van der Waals surface area contributed by atoms with Crippen LogP contribution in [-0.4, -0.2) is 5.11 Å². The zero-order valence-electron chi connectivity index (χ0n) is 7.79. The maximum Gasteiger partial charge on any atom is 0.126 e. The average molecular weight is 183 g/mol. The lowest BCUT2D eigenvalue weighted by atomic mass is 10.0. The predicted octanol–water partition coefficient (Wildman–Crippen LogP) is 2.44. The molecule has 2 atom stereocenters. The van der Waals surface area contributed by atoms with Crippen LogP contribution in [0.5, 0.6) is 5.75 Å². The van der Waals surface area contributed by atoms with Crippen LogP contribution in [0.15, 0.2) is 18.2 Å². The van der Waals surface area contributed by atoms with Gasteiger partial charge in [0.2, 0.25) is 0 Å². The monoisotopic (exact) mass is 183 g/mol. The Morgan fingerprint density at radius 1 is 1.38 bits per heavy atom. The van der Waals surface area contributed by atoms with Gasteiger partial charge in [0.05, 0.1) is 0 Å². The van der Waals surface area contributed by atoms with E-state index in [0.717, 1.165) is 5.56 Å². The molecule has 1 aromatic carbocycles. The summed E-state index contributed by atoms with van der Waals surface area (Å²) in [6.07, 6.45) is -1.17. The fourth-order valence-corrected chi connectivity index (χ4v) is 1.17. The quantitative estimate of drug-likeness (QED) is 0.739. The summed E-state index contributed by atoms with van der Waals surface area (Å²) in [4.78, 5) is 0. The maximum atomic E-state index is 12.9. The number of halogens is 1. The van der Waals surface area contributed by atoms with Gasteiger partial charge in [-0.15, -0.1) is 0 Å². The number of hydrogen-bond donors (Lipinski definition) is 2. The summed E-state index contributed by atoms with van der Waals surface area (Å²) in [7, 11) is 0. The fraction of sp³-hybridized carbons (Fsp3) is 0.400. The van der Waals surface area contributed by atoms with Crippen molar-refractivity contribution in [1.82, 2.24) is 0 Å². The fourth-order valence-electron chi connectivity index (χ4n) is 1.17. The summed E-state index contributed by atoms with van der Waals surface area (Å²) in [6.45, 7) is 3.21. The van der Waals surface area contributed by atoms with Gasteiger partial charge in [0.15, 0.2) is 0 Å². The van der Waals surface area contributed by atoms with Gasteiger partial charge in [-0.1, -0.05) is 6.07 Å². The van der Waals surface area contributed by atoms with Gasteiger partial charge in [-0.3, -0.25) is 0 Å². The number of phenolic OH excluding ortho intramolecular Hbond substituents is 1. The lowest BCUT2D eigenvalue weighted by molar-refractivity contribution is 0.356. The van der Waals surface area contributed by atoms with Crippen molar-refractivity contribution in [2.24, 2.45) is 5.73 Å². The Labute approximate surface area is 77.2 Å². The van der Waals surface area contributed by atoms with Crippen molar-refractivity contribution in [1.29, 1.82) is 0 Å². The standard InChI is InChI=1S/C10H14FNO/c1-6(11)9-5-8(7(2)12)3-4-10(9)13/h3-7,13H,12H2,1-2H3. The third kappa shape index (κ3) is 2.18. The second kappa shape index (κ2) is 3.75. The van der Waals surface area contributed by atoms with Crippen molar-refractivity contribution < 1.29 is 9.50 Å². The minimum absolute atomic E-state index is 0.0144. The van der Waals surface area contributed by atoms with E-state index < -0.39 is 6.17 Å². The Morgan fingerprint density at radius 3 is 2.46 bits per heavy atom. The van der Waals surface area contributed by atoms with Crippen molar-refractivity contribution in [2.75, 3.05) is 0 Å². The Kier molecular flexibility index (Phi) is 2.88. The van der Waals surface area contributed by atoms with Gasteiger partial charge >= 0.3 is 0 Å². The van der Waals surface area contributed by atoms with E-state index in [9.17, 15) is 9.50 Å². The molecule has 72 valence electrons. The third-order valence-corrected chi connectivity index (χ3v) is 2.01. The minimum Gasteiger partial charge on any atom is -0.508 e. The number of alkyl halides is 1. The summed E-state index contributed by atoms with van der Waals surface area (Å²) < 4.78 is 12.9. The first-order valence-corrected chi connectivity index (χ1v) is 4.25. The molecule has 1 aromatic rings. The number of hydrogen-bond acceptors (Lipinski definition) is 2. The largest absolute Gasteiger partial charge is 0.508 e. The first-order chi connectivity index (χ1) is 6.02. The molecular weight excluding hydrogens is 169 g/mol. The van der Waals surface area contributed by atoms with Gasteiger partial charge in [-0.25, -0.2) is 4.39 Å². The Morgan fingerprint density at radius 2 is 2.00 bits per heavy atom. The number of benzene rings is 1. The highest BCUT2D eigenvalue weighted by atomic mass is 19.1. The molecule has 0 heterocycles. The van der Waals surface area contributed by atoms with E-state index in [1.807, 2.05) is 6.92 Å². The van der Waals surface area contributed by atoms with Gasteiger partial charge in [0.25, 0.3) is 0 Å². The van der Waals surface area contributed by atoms with Crippen LogP contribution in [0.2, 0.25) is 0 Å². The van der Waals surface area contributed by atoms with Gasteiger partial charge < -0.3 is 10.8 Å². The second-order valence-electron chi connectivity index (χ2n) is 3.22. The highest BCUT2D eigenvalue weighted by Gasteiger charge is 2.10. The molecule has 0 fully saturated rings. The molecule has 2 nitrogen and oxygen atoms in total. The van der Waals surface area contributed by atoms with Crippen LogP contribution in [0.1, 0.15) is 37.2 Å². The van der Waals surface area contributed by atoms with Crippen LogP contribution in [0.4, 0.5) is 4.39 Å². The van der Waals surface area contributed by atoms with E-state index in [4.69, 9.17) is 5.73 Å². The molecule has 2 unspecified atom stereocenters. The molecule has 3 heteroatoms. The van der Waals surface area contributed by atoms with E-state index in [1.54, 1.807) is 12.1 Å². The molecule has 1 rings (SSSR count). The van der Waals surface area contributed by atoms with E-state index in [0.29, 0.717) is 5.56 Å². The van der Waals surface area contributed by atoms with Crippen molar-refractivity contribution >= 4 is 0 Å². The molecule has 0 bridgehead atoms. The summed E-state index contributed by atoms with van der Waals surface area (Å²) >= 11 is 0. The zero-order chi connectivity index (χ0) is 10.0. The van der Waals surface area contributed by atoms with E-state index >= 15 is 0 Å². The number of aromatic hydroxyl groups is 1. The lowest BCUT2D eigenvalue weighted by Gasteiger charge is -2.10. The first-order valence-electron chi connectivity index (χ1n) is 4.25. The third-order valence-electron chi connectivity index (χ3n) is 2.01. The van der Waals surface area contributed by atoms with Crippen LogP contribution in [-0.2, 0) is 0 Å². The van der Waals surface area contributed by atoms with E-state index in [2.05, 4.69) is 0 Å². The molecule has 0 amide bonds. The molecule has 0 saturated carbocycles. The minimum atomic E-state index is -1.17. The van der Waals surface area contributed by atoms with Crippen LogP contribution in [0.3, 0.4) is 0 Å². The zero-order valence-corrected chi connectivity index (χ0v) is 7.79. The summed E-state index contributed by atoms with van der Waals surface area (Å²) in [6, 6.07) is 4.64. The molecule has 0 aliphatic heterocycles. The van der Waals surface area contributed by atoms with Crippen molar-refractivity contribution in [3.05, 3.63) is 29.3 Å². The molecule has 0 aromatic heterocycles. The normalized spacial score (nSPS) is 15.4. The van der Waals surface area contributed by atoms with Crippen molar-refractivity contribution in [3.8, 4) is 5.75 Å². The Hall–Kier alpha value is -1.09. The molecule has 0 aliphatic carbocycles. The Bertz CT molecular complexity index is 297. The number of rotatable bonds is 2. The topological polar surface area (TPSA) is 46.2 Å². The molecule has 0 saturated heterocycles. The predicted molar refractivity (Wildman–Crippen MR) is 50.2 cm³/mol. The highest BCUT2D eigenvalue weighted by Crippen LogP contribution is 2.28. The number of phenols is 1. The van der Waals surface area contributed by atoms with E-state index in [1.165, 1.54) is 13.0 Å². The average Bonchev–Trinajstić information content (AvgIpc) is 2.04. The van der Waals surface area contributed by atoms with Gasteiger partial charge in [-0.2, -0.15) is 0 Å². The van der Waals surface area contributed by atoms with Crippen molar-refractivity contribution in [2.45, 2.75) is 26.1 Å². The van der Waals surface area contributed by atoms with Crippen LogP contribution >= 0.6 is 0 Å². The SMILES string of the molecule is CC(N)c1ccc(O)c(C(C)F)c1. The van der Waals surface area contributed by atoms with Crippen molar-refractivity contribution in [3.63, 3.8) is 0 Å². The van der Waals surface area contributed by atoms with Crippen LogP contribution in [0, 0.1) is 0 Å².